The highest BCUT2D eigenvalue weighted by Crippen LogP contribution is 2.40. The predicted octanol–water partition coefficient (Wildman–Crippen LogP) is 5.49. The molecule has 0 spiro atoms. The van der Waals surface area contributed by atoms with Gasteiger partial charge in [-0.1, -0.05) is 15.9 Å². The quantitative estimate of drug-likeness (QED) is 0.330. The van der Waals surface area contributed by atoms with Gasteiger partial charge in [-0.25, -0.2) is 0 Å². The molecule has 2 rings (SSSR count). The number of ether oxygens (including phenoxy) is 1. The summed E-state index contributed by atoms with van der Waals surface area (Å²) in [6, 6.07) is 7.65. The molecular formula is C13H6Br3NO4. The smallest absolute Gasteiger partial charge is 0.271 e. The Balaban J connectivity index is 2.45. The molecule has 8 heteroatoms. The van der Waals surface area contributed by atoms with E-state index in [2.05, 4.69) is 47.8 Å². The van der Waals surface area contributed by atoms with E-state index in [1.54, 1.807) is 18.2 Å². The SMILES string of the molecule is O=Cc1cc(Br)ccc1Oc1c(Br)cc([N+](=O)[O-])cc1Br. The number of carbonyl (C=O) groups excluding carboxylic acids is 1. The first kappa shape index (κ1) is 16.1. The third kappa shape index (κ3) is 3.69. The Hall–Kier alpha value is -1.25. The van der Waals surface area contributed by atoms with Gasteiger partial charge in [-0.2, -0.15) is 0 Å². The van der Waals surface area contributed by atoms with Crippen LogP contribution in [0.4, 0.5) is 5.69 Å². The lowest BCUT2D eigenvalue weighted by atomic mass is 10.2. The van der Waals surface area contributed by atoms with Gasteiger partial charge in [0.15, 0.2) is 12.0 Å². The summed E-state index contributed by atoms with van der Waals surface area (Å²) < 4.78 is 7.24. The summed E-state index contributed by atoms with van der Waals surface area (Å²) in [7, 11) is 0. The summed E-state index contributed by atoms with van der Waals surface area (Å²) in [6.45, 7) is 0. The highest BCUT2D eigenvalue weighted by atomic mass is 79.9. The molecule has 0 fully saturated rings. The number of halogens is 3. The molecular weight excluding hydrogens is 474 g/mol. The Labute approximate surface area is 144 Å². The summed E-state index contributed by atoms with van der Waals surface area (Å²) in [5.74, 6) is 0.703. The van der Waals surface area contributed by atoms with Crippen LogP contribution in [-0.4, -0.2) is 11.2 Å². The van der Waals surface area contributed by atoms with Gasteiger partial charge < -0.3 is 4.74 Å². The van der Waals surface area contributed by atoms with Crippen LogP contribution in [0.5, 0.6) is 11.5 Å². The molecule has 0 aromatic heterocycles. The third-order valence-corrected chi connectivity index (χ3v) is 4.18. The van der Waals surface area contributed by atoms with Gasteiger partial charge in [-0.3, -0.25) is 14.9 Å². The average Bonchev–Trinajstić information content (AvgIpc) is 2.43. The molecule has 21 heavy (non-hydrogen) atoms. The molecule has 0 heterocycles. The fourth-order valence-corrected chi connectivity index (χ4v) is 3.27. The summed E-state index contributed by atoms with van der Waals surface area (Å²) in [5, 5.41) is 10.8. The van der Waals surface area contributed by atoms with E-state index in [1.807, 2.05) is 0 Å². The van der Waals surface area contributed by atoms with E-state index in [4.69, 9.17) is 4.74 Å². The minimum Gasteiger partial charge on any atom is -0.454 e. The molecule has 0 saturated carbocycles. The number of non-ortho nitro benzene ring substituents is 1. The largest absolute Gasteiger partial charge is 0.454 e. The minimum atomic E-state index is -0.504. The number of carbonyl (C=O) groups is 1. The van der Waals surface area contributed by atoms with Gasteiger partial charge in [-0.15, -0.1) is 0 Å². The van der Waals surface area contributed by atoms with Crippen molar-refractivity contribution in [3.05, 3.63) is 59.4 Å². The van der Waals surface area contributed by atoms with E-state index in [0.29, 0.717) is 32.3 Å². The second-order valence-electron chi connectivity index (χ2n) is 3.90. The normalized spacial score (nSPS) is 10.2. The molecule has 0 aliphatic carbocycles. The number of hydrogen-bond acceptors (Lipinski definition) is 4. The summed E-state index contributed by atoms with van der Waals surface area (Å²) >= 11 is 9.72. The molecule has 0 saturated heterocycles. The van der Waals surface area contributed by atoms with Crippen molar-refractivity contribution in [2.24, 2.45) is 0 Å². The Morgan fingerprint density at radius 3 is 2.24 bits per heavy atom. The first-order valence-corrected chi connectivity index (χ1v) is 7.86. The highest BCUT2D eigenvalue weighted by Gasteiger charge is 2.17. The van der Waals surface area contributed by atoms with Crippen LogP contribution in [0.1, 0.15) is 10.4 Å². The fourth-order valence-electron chi connectivity index (χ4n) is 1.56. The lowest BCUT2D eigenvalue weighted by Crippen LogP contribution is -1.94. The second kappa shape index (κ2) is 6.67. The van der Waals surface area contributed by atoms with Crippen LogP contribution >= 0.6 is 47.8 Å². The first-order valence-electron chi connectivity index (χ1n) is 5.48. The monoisotopic (exact) mass is 477 g/mol. The van der Waals surface area contributed by atoms with Gasteiger partial charge in [-0.05, 0) is 50.1 Å². The van der Waals surface area contributed by atoms with Crippen LogP contribution in [0.3, 0.4) is 0 Å². The van der Waals surface area contributed by atoms with Gasteiger partial charge in [0.1, 0.15) is 5.75 Å². The molecule has 0 bridgehead atoms. The van der Waals surface area contributed by atoms with Crippen molar-refractivity contribution in [3.63, 3.8) is 0 Å². The Morgan fingerprint density at radius 1 is 1.10 bits per heavy atom. The molecule has 0 aliphatic heterocycles. The Bertz CT molecular complexity index is 710. The third-order valence-electron chi connectivity index (χ3n) is 2.50. The van der Waals surface area contributed by atoms with E-state index in [0.717, 1.165) is 4.47 Å². The summed E-state index contributed by atoms with van der Waals surface area (Å²) in [5.41, 5.74) is 0.286. The number of nitro groups is 1. The molecule has 0 N–H and O–H groups in total. The number of hydrogen-bond donors (Lipinski definition) is 0. The molecule has 0 radical (unpaired) electrons. The van der Waals surface area contributed by atoms with Gasteiger partial charge in [0.05, 0.1) is 19.4 Å². The molecule has 5 nitrogen and oxygen atoms in total. The number of aldehydes is 1. The summed E-state index contributed by atoms with van der Waals surface area (Å²) in [6.07, 6.45) is 0.674. The van der Waals surface area contributed by atoms with E-state index in [9.17, 15) is 14.9 Å². The Kier molecular flexibility index (Phi) is 5.13. The van der Waals surface area contributed by atoms with Crippen molar-refractivity contribution < 1.29 is 14.5 Å². The van der Waals surface area contributed by atoms with Crippen molar-refractivity contribution in [3.8, 4) is 11.5 Å². The number of nitrogens with zero attached hydrogens (tertiary/aromatic N) is 1. The maximum absolute atomic E-state index is 11.1. The molecule has 0 unspecified atom stereocenters. The topological polar surface area (TPSA) is 69.4 Å². The van der Waals surface area contributed by atoms with Crippen LogP contribution in [0.2, 0.25) is 0 Å². The average molecular weight is 480 g/mol. The van der Waals surface area contributed by atoms with Crippen molar-refractivity contribution in [1.29, 1.82) is 0 Å². The fraction of sp³-hybridized carbons (Fsp3) is 0. The zero-order valence-corrected chi connectivity index (χ0v) is 14.9. The molecule has 0 aliphatic rings. The maximum atomic E-state index is 11.1. The van der Waals surface area contributed by atoms with Crippen LogP contribution in [-0.2, 0) is 0 Å². The molecule has 2 aromatic rings. The number of benzene rings is 2. The van der Waals surface area contributed by atoms with Crippen LogP contribution in [0.15, 0.2) is 43.7 Å². The van der Waals surface area contributed by atoms with E-state index >= 15 is 0 Å². The van der Waals surface area contributed by atoms with Crippen molar-refractivity contribution in [2.75, 3.05) is 0 Å². The Morgan fingerprint density at radius 2 is 1.71 bits per heavy atom. The molecule has 0 amide bonds. The van der Waals surface area contributed by atoms with Gasteiger partial charge in [0.25, 0.3) is 5.69 Å². The maximum Gasteiger partial charge on any atom is 0.271 e. The van der Waals surface area contributed by atoms with E-state index < -0.39 is 4.92 Å². The van der Waals surface area contributed by atoms with E-state index in [-0.39, 0.29) is 5.69 Å². The van der Waals surface area contributed by atoms with Crippen molar-refractivity contribution in [1.82, 2.24) is 0 Å². The predicted molar refractivity (Wildman–Crippen MR) is 88.1 cm³/mol. The zero-order valence-electron chi connectivity index (χ0n) is 10.2. The molecule has 108 valence electrons. The zero-order chi connectivity index (χ0) is 15.6. The lowest BCUT2D eigenvalue weighted by molar-refractivity contribution is -0.385. The standard InChI is InChI=1S/C13H6Br3NO4/c14-8-1-2-12(7(3-8)6-18)21-13-10(15)4-9(17(19)20)5-11(13)16/h1-6H. The van der Waals surface area contributed by atoms with Gasteiger partial charge in [0.2, 0.25) is 0 Å². The van der Waals surface area contributed by atoms with Crippen LogP contribution in [0.25, 0.3) is 0 Å². The first-order chi connectivity index (χ1) is 9.92. The summed E-state index contributed by atoms with van der Waals surface area (Å²) in [4.78, 5) is 21.3. The van der Waals surface area contributed by atoms with Crippen LogP contribution in [0, 0.1) is 10.1 Å². The second-order valence-corrected chi connectivity index (χ2v) is 6.52. The van der Waals surface area contributed by atoms with Gasteiger partial charge >= 0.3 is 0 Å². The lowest BCUT2D eigenvalue weighted by Gasteiger charge is -2.11. The van der Waals surface area contributed by atoms with Crippen molar-refractivity contribution >= 4 is 59.8 Å². The number of rotatable bonds is 4. The van der Waals surface area contributed by atoms with Gasteiger partial charge in [0, 0.05) is 16.6 Å². The van der Waals surface area contributed by atoms with E-state index in [1.165, 1.54) is 12.1 Å². The number of nitro benzene ring substituents is 1. The minimum absolute atomic E-state index is 0.0764. The molecule has 2 aromatic carbocycles. The molecule has 0 atom stereocenters. The van der Waals surface area contributed by atoms with Crippen molar-refractivity contribution in [2.45, 2.75) is 0 Å². The van der Waals surface area contributed by atoms with Crippen LogP contribution < -0.4 is 4.74 Å². The highest BCUT2D eigenvalue weighted by molar-refractivity contribution is 9.11.